The van der Waals surface area contributed by atoms with Crippen LogP contribution in [0.3, 0.4) is 0 Å². The first-order valence-electron chi connectivity index (χ1n) is 9.58. The highest BCUT2D eigenvalue weighted by atomic mass is 32.2. The maximum atomic E-state index is 13.2. The molecule has 150 valence electrons. The van der Waals surface area contributed by atoms with E-state index in [0.29, 0.717) is 12.1 Å². The van der Waals surface area contributed by atoms with Gasteiger partial charge in [0.2, 0.25) is 0 Å². The van der Waals surface area contributed by atoms with Gasteiger partial charge in [0.1, 0.15) is 5.82 Å². The number of para-hydroxylation sites is 1. The fraction of sp³-hybridized carbons (Fsp3) is 0.217. The summed E-state index contributed by atoms with van der Waals surface area (Å²) in [5.41, 5.74) is 4.11. The Hall–Kier alpha value is -2.70. The van der Waals surface area contributed by atoms with Gasteiger partial charge >= 0.3 is 0 Å². The highest BCUT2D eigenvalue weighted by Gasteiger charge is 2.26. The molecule has 4 rings (SSSR count). The molecule has 1 aliphatic heterocycles. The Morgan fingerprint density at radius 1 is 1.00 bits per heavy atom. The largest absolute Gasteiger partial charge is 0.299 e. The van der Waals surface area contributed by atoms with Gasteiger partial charge in [-0.3, -0.25) is 9.62 Å². The molecule has 1 heterocycles. The summed E-state index contributed by atoms with van der Waals surface area (Å²) in [5.74, 6) is -0.469. The molecule has 1 atom stereocenters. The van der Waals surface area contributed by atoms with Gasteiger partial charge < -0.3 is 0 Å². The molecule has 0 spiro atoms. The van der Waals surface area contributed by atoms with Gasteiger partial charge in [-0.15, -0.1) is 0 Å². The Kier molecular flexibility index (Phi) is 5.39. The maximum Gasteiger partial charge on any atom is 0.261 e. The molecule has 0 amide bonds. The lowest BCUT2D eigenvalue weighted by molar-refractivity contribution is 0.229. The summed E-state index contributed by atoms with van der Waals surface area (Å²) in [7, 11) is -1.69. The number of halogens is 1. The van der Waals surface area contributed by atoms with Gasteiger partial charge in [-0.05, 0) is 66.9 Å². The van der Waals surface area contributed by atoms with Gasteiger partial charge in [-0.25, -0.2) is 12.8 Å². The molecule has 0 fully saturated rings. The zero-order valence-electron chi connectivity index (χ0n) is 16.2. The molecule has 1 N–H and O–H groups in total. The highest BCUT2D eigenvalue weighted by Crippen LogP contribution is 2.33. The van der Waals surface area contributed by atoms with Crippen LogP contribution in [0.25, 0.3) is 0 Å². The molecule has 3 aromatic rings. The first-order valence-corrected chi connectivity index (χ1v) is 11.1. The molecule has 29 heavy (non-hydrogen) atoms. The molecule has 4 nitrogen and oxygen atoms in total. The SMILES string of the molecule is CN1CCc2ccccc2[C@@H]1Cc1ccccc1NS(=O)(=O)c1ccc(F)cc1. The van der Waals surface area contributed by atoms with Crippen LogP contribution in [-0.2, 0) is 22.9 Å². The van der Waals surface area contributed by atoms with Crippen LogP contribution in [-0.4, -0.2) is 26.9 Å². The van der Waals surface area contributed by atoms with Gasteiger partial charge in [0, 0.05) is 12.6 Å². The normalized spacial score (nSPS) is 17.0. The van der Waals surface area contributed by atoms with Crippen LogP contribution in [0, 0.1) is 5.82 Å². The smallest absolute Gasteiger partial charge is 0.261 e. The van der Waals surface area contributed by atoms with E-state index >= 15 is 0 Å². The highest BCUT2D eigenvalue weighted by molar-refractivity contribution is 7.92. The third-order valence-corrected chi connectivity index (χ3v) is 6.86. The Labute approximate surface area is 171 Å². The van der Waals surface area contributed by atoms with Gasteiger partial charge in [0.25, 0.3) is 10.0 Å². The Bertz CT molecular complexity index is 1110. The van der Waals surface area contributed by atoms with Crippen LogP contribution in [0.1, 0.15) is 22.7 Å². The average molecular weight is 411 g/mol. The van der Waals surface area contributed by atoms with E-state index in [1.54, 1.807) is 6.07 Å². The van der Waals surface area contributed by atoms with Gasteiger partial charge in [-0.2, -0.15) is 0 Å². The van der Waals surface area contributed by atoms with Gasteiger partial charge in [-0.1, -0.05) is 42.5 Å². The zero-order chi connectivity index (χ0) is 20.4. The number of rotatable bonds is 5. The van der Waals surface area contributed by atoms with Crippen molar-refractivity contribution in [3.63, 3.8) is 0 Å². The van der Waals surface area contributed by atoms with E-state index in [4.69, 9.17) is 0 Å². The number of nitrogens with one attached hydrogen (secondary N) is 1. The molecule has 3 aromatic carbocycles. The third-order valence-electron chi connectivity index (χ3n) is 5.48. The Morgan fingerprint density at radius 2 is 1.69 bits per heavy atom. The Balaban J connectivity index is 1.63. The number of sulfonamides is 1. The number of anilines is 1. The number of hydrogen-bond acceptors (Lipinski definition) is 3. The fourth-order valence-corrected chi connectivity index (χ4v) is 4.97. The summed E-state index contributed by atoms with van der Waals surface area (Å²) in [6, 6.07) is 20.9. The molecule has 6 heteroatoms. The van der Waals surface area contributed by atoms with Crippen LogP contribution < -0.4 is 4.72 Å². The van der Waals surface area contributed by atoms with E-state index in [1.165, 1.54) is 23.3 Å². The van der Waals surface area contributed by atoms with Crippen molar-refractivity contribution >= 4 is 15.7 Å². The molecular formula is C23H23FN2O2S. The lowest BCUT2D eigenvalue weighted by atomic mass is 9.89. The quantitative estimate of drug-likeness (QED) is 0.678. The summed E-state index contributed by atoms with van der Waals surface area (Å²) in [6.45, 7) is 0.963. The van der Waals surface area contributed by atoms with Crippen LogP contribution in [0.5, 0.6) is 0 Å². The van der Waals surface area contributed by atoms with Crippen molar-refractivity contribution in [1.82, 2.24) is 4.90 Å². The van der Waals surface area contributed by atoms with Crippen molar-refractivity contribution in [3.05, 3.63) is 95.3 Å². The molecule has 0 bridgehead atoms. The maximum absolute atomic E-state index is 13.2. The summed E-state index contributed by atoms with van der Waals surface area (Å²) < 4.78 is 41.4. The Morgan fingerprint density at radius 3 is 2.48 bits per heavy atom. The molecule has 0 radical (unpaired) electrons. The number of benzene rings is 3. The van der Waals surface area contributed by atoms with Crippen molar-refractivity contribution in [2.75, 3.05) is 18.3 Å². The minimum Gasteiger partial charge on any atom is -0.299 e. The second-order valence-electron chi connectivity index (χ2n) is 7.37. The fourth-order valence-electron chi connectivity index (χ4n) is 3.87. The molecule has 0 aromatic heterocycles. The monoisotopic (exact) mass is 410 g/mol. The van der Waals surface area contributed by atoms with E-state index in [-0.39, 0.29) is 10.9 Å². The van der Waals surface area contributed by atoms with E-state index in [2.05, 4.69) is 34.9 Å². The van der Waals surface area contributed by atoms with Crippen LogP contribution in [0.4, 0.5) is 10.1 Å². The van der Waals surface area contributed by atoms with Crippen LogP contribution in [0.15, 0.2) is 77.7 Å². The summed E-state index contributed by atoms with van der Waals surface area (Å²) in [4.78, 5) is 2.35. The second kappa shape index (κ2) is 7.97. The third kappa shape index (κ3) is 4.18. The molecular weight excluding hydrogens is 387 g/mol. The van der Waals surface area contributed by atoms with Crippen LogP contribution >= 0.6 is 0 Å². The first kappa shape index (κ1) is 19.6. The average Bonchev–Trinajstić information content (AvgIpc) is 2.71. The van der Waals surface area contributed by atoms with E-state index in [0.717, 1.165) is 30.7 Å². The standard InChI is InChI=1S/C23H23FN2O2S/c1-26-15-14-17-6-2-4-8-21(17)23(26)16-18-7-3-5-9-22(18)25-29(27,28)20-12-10-19(24)11-13-20/h2-13,23,25H,14-16H2,1H3/t23-/m0/s1. The molecule has 0 saturated carbocycles. The summed E-state index contributed by atoms with van der Waals surface area (Å²) >= 11 is 0. The number of nitrogens with zero attached hydrogens (tertiary/aromatic N) is 1. The van der Waals surface area contributed by atoms with E-state index < -0.39 is 15.8 Å². The lowest BCUT2D eigenvalue weighted by Crippen LogP contribution is -2.33. The number of hydrogen-bond donors (Lipinski definition) is 1. The first-order chi connectivity index (χ1) is 13.9. The predicted octanol–water partition coefficient (Wildman–Crippen LogP) is 4.40. The van der Waals surface area contributed by atoms with Crippen molar-refractivity contribution in [3.8, 4) is 0 Å². The molecule has 1 aliphatic rings. The van der Waals surface area contributed by atoms with Crippen LogP contribution in [0.2, 0.25) is 0 Å². The van der Waals surface area contributed by atoms with Crippen molar-refractivity contribution < 1.29 is 12.8 Å². The van der Waals surface area contributed by atoms with Crippen molar-refractivity contribution in [1.29, 1.82) is 0 Å². The molecule has 0 unspecified atom stereocenters. The summed E-state index contributed by atoms with van der Waals surface area (Å²) in [5, 5.41) is 0. The van der Waals surface area contributed by atoms with Crippen molar-refractivity contribution in [2.45, 2.75) is 23.8 Å². The number of fused-ring (bicyclic) bond motifs is 1. The molecule has 0 saturated heterocycles. The van der Waals surface area contributed by atoms with Crippen molar-refractivity contribution in [2.24, 2.45) is 0 Å². The summed E-state index contributed by atoms with van der Waals surface area (Å²) in [6.07, 6.45) is 1.71. The minimum atomic E-state index is -3.80. The lowest BCUT2D eigenvalue weighted by Gasteiger charge is -2.35. The topological polar surface area (TPSA) is 49.4 Å². The molecule has 0 aliphatic carbocycles. The second-order valence-corrected chi connectivity index (χ2v) is 9.05. The van der Waals surface area contributed by atoms with Gasteiger partial charge in [0.15, 0.2) is 0 Å². The predicted molar refractivity (Wildman–Crippen MR) is 113 cm³/mol. The minimum absolute atomic E-state index is 0.0360. The zero-order valence-corrected chi connectivity index (χ0v) is 17.0. The number of likely N-dealkylation sites (N-methyl/N-ethyl adjacent to an activating group) is 1. The van der Waals surface area contributed by atoms with Gasteiger partial charge in [0.05, 0.1) is 10.6 Å². The van der Waals surface area contributed by atoms with E-state index in [1.807, 2.05) is 24.3 Å². The van der Waals surface area contributed by atoms with E-state index in [9.17, 15) is 12.8 Å².